The number of benzene rings is 2. The Morgan fingerprint density at radius 2 is 1.57 bits per heavy atom. The summed E-state index contributed by atoms with van der Waals surface area (Å²) in [5, 5.41) is 0. The molecule has 0 saturated heterocycles. The van der Waals surface area contributed by atoms with Crippen LogP contribution < -0.4 is 14.5 Å². The summed E-state index contributed by atoms with van der Waals surface area (Å²) in [4.78, 5) is 14.2. The van der Waals surface area contributed by atoms with E-state index in [1.165, 1.54) is 30.5 Å². The maximum Gasteiger partial charge on any atom is 0.488 e. The molecule has 3 rings (SSSR count). The number of aromatic nitrogens is 1. The zero-order chi connectivity index (χ0) is 20.3. The number of nitrogens with one attached hydrogen (secondary N) is 1. The quantitative estimate of drug-likeness (QED) is 0.628. The van der Waals surface area contributed by atoms with Crippen molar-refractivity contribution in [2.75, 3.05) is 0 Å². The van der Waals surface area contributed by atoms with Crippen LogP contribution in [0.5, 0.6) is 11.5 Å². The van der Waals surface area contributed by atoms with E-state index in [1.807, 2.05) is 0 Å². The third-order valence-corrected chi connectivity index (χ3v) is 4.06. The van der Waals surface area contributed by atoms with Gasteiger partial charge in [0.2, 0.25) is 0 Å². The van der Waals surface area contributed by atoms with Crippen molar-refractivity contribution in [3.8, 4) is 22.6 Å². The Morgan fingerprint density at radius 1 is 0.964 bits per heavy atom. The maximum atomic E-state index is 14.3. The predicted octanol–water partition coefficient (Wildman–Crippen LogP) is 3.49. The van der Waals surface area contributed by atoms with Gasteiger partial charge in [-0.2, -0.15) is 8.42 Å². The second-order valence-electron chi connectivity index (χ2n) is 5.57. The van der Waals surface area contributed by atoms with Crippen LogP contribution >= 0.6 is 0 Å². The molecule has 1 N–H and O–H groups in total. The van der Waals surface area contributed by atoms with Crippen molar-refractivity contribution in [1.82, 2.24) is 4.98 Å². The van der Waals surface area contributed by atoms with Gasteiger partial charge in [0, 0.05) is 11.8 Å². The van der Waals surface area contributed by atoms with Crippen LogP contribution in [-0.2, 0) is 17.1 Å². The molecule has 146 valence electrons. The SMILES string of the molecule is O=c1[nH]cccc1-c1cc(F)c(COc2ccc(OS(=O)(=O)F)cc2)c(F)c1. The summed E-state index contributed by atoms with van der Waals surface area (Å²) in [5.74, 6) is -1.95. The van der Waals surface area contributed by atoms with Crippen LogP contribution in [0, 0.1) is 11.6 Å². The first-order valence-electron chi connectivity index (χ1n) is 7.76. The second-order valence-corrected chi connectivity index (χ2v) is 6.52. The lowest BCUT2D eigenvalue weighted by molar-refractivity contribution is 0.292. The van der Waals surface area contributed by atoms with E-state index in [4.69, 9.17) is 4.74 Å². The normalized spacial score (nSPS) is 11.2. The number of aromatic amines is 1. The van der Waals surface area contributed by atoms with Crippen molar-refractivity contribution >= 4 is 10.5 Å². The number of rotatable bonds is 6. The van der Waals surface area contributed by atoms with Gasteiger partial charge < -0.3 is 13.9 Å². The number of hydrogen-bond acceptors (Lipinski definition) is 5. The summed E-state index contributed by atoms with van der Waals surface area (Å²) in [5.41, 5.74) is -0.647. The van der Waals surface area contributed by atoms with E-state index in [0.29, 0.717) is 0 Å². The minimum Gasteiger partial charge on any atom is -0.489 e. The van der Waals surface area contributed by atoms with E-state index in [-0.39, 0.29) is 28.2 Å². The minimum absolute atomic E-state index is 0.0783. The van der Waals surface area contributed by atoms with Crippen molar-refractivity contribution in [3.05, 3.63) is 82.3 Å². The van der Waals surface area contributed by atoms with Gasteiger partial charge in [0.25, 0.3) is 5.56 Å². The van der Waals surface area contributed by atoms with Gasteiger partial charge in [0.1, 0.15) is 29.7 Å². The molecular weight excluding hydrogens is 399 g/mol. The van der Waals surface area contributed by atoms with Crippen LogP contribution in [0.3, 0.4) is 0 Å². The lowest BCUT2D eigenvalue weighted by Gasteiger charge is -2.10. The Kier molecular flexibility index (Phi) is 5.41. The highest BCUT2D eigenvalue weighted by Gasteiger charge is 2.15. The topological polar surface area (TPSA) is 85.5 Å². The molecule has 10 heteroatoms. The summed E-state index contributed by atoms with van der Waals surface area (Å²) in [6, 6.07) is 9.73. The number of hydrogen-bond donors (Lipinski definition) is 1. The molecular formula is C18H12F3NO5S. The van der Waals surface area contributed by atoms with Crippen LogP contribution in [0.4, 0.5) is 12.7 Å². The molecule has 0 amide bonds. The Labute approximate surface area is 157 Å². The Balaban J connectivity index is 1.76. The smallest absolute Gasteiger partial charge is 0.488 e. The second kappa shape index (κ2) is 7.77. The van der Waals surface area contributed by atoms with Gasteiger partial charge in [-0.15, -0.1) is 0 Å². The molecule has 0 fully saturated rings. The first-order chi connectivity index (χ1) is 13.2. The number of halogens is 3. The summed E-state index contributed by atoms with van der Waals surface area (Å²) in [6.07, 6.45) is 1.40. The van der Waals surface area contributed by atoms with Gasteiger partial charge in [0.05, 0.1) is 5.56 Å². The van der Waals surface area contributed by atoms with Crippen molar-refractivity contribution < 1.29 is 30.0 Å². The van der Waals surface area contributed by atoms with Gasteiger partial charge in [-0.25, -0.2) is 8.78 Å². The number of H-pyrrole nitrogens is 1. The Hall–Kier alpha value is -3.27. The average Bonchev–Trinajstić information content (AvgIpc) is 2.61. The van der Waals surface area contributed by atoms with Gasteiger partial charge in [-0.1, -0.05) is 3.89 Å². The van der Waals surface area contributed by atoms with Crippen LogP contribution in [-0.4, -0.2) is 13.4 Å². The molecule has 0 aliphatic rings. The predicted molar refractivity (Wildman–Crippen MR) is 93.8 cm³/mol. The zero-order valence-electron chi connectivity index (χ0n) is 14.0. The largest absolute Gasteiger partial charge is 0.489 e. The minimum atomic E-state index is -5.15. The average molecular weight is 411 g/mol. The Morgan fingerprint density at radius 3 is 2.14 bits per heavy atom. The van der Waals surface area contributed by atoms with Crippen molar-refractivity contribution in [2.24, 2.45) is 0 Å². The molecule has 0 saturated carbocycles. The molecule has 0 unspecified atom stereocenters. The molecule has 0 radical (unpaired) electrons. The van der Waals surface area contributed by atoms with E-state index in [0.717, 1.165) is 24.3 Å². The van der Waals surface area contributed by atoms with E-state index in [1.54, 1.807) is 0 Å². The molecule has 1 heterocycles. The number of ether oxygens (including phenoxy) is 1. The summed E-state index contributed by atoms with van der Waals surface area (Å²) in [6.45, 7) is -0.468. The van der Waals surface area contributed by atoms with Crippen LogP contribution in [0.1, 0.15) is 5.56 Å². The molecule has 0 spiro atoms. The van der Waals surface area contributed by atoms with Crippen molar-refractivity contribution in [3.63, 3.8) is 0 Å². The fourth-order valence-electron chi connectivity index (χ4n) is 2.41. The summed E-state index contributed by atoms with van der Waals surface area (Å²) in [7, 11) is -5.15. The van der Waals surface area contributed by atoms with Crippen LogP contribution in [0.15, 0.2) is 59.5 Å². The third-order valence-electron chi connectivity index (χ3n) is 3.67. The lowest BCUT2D eigenvalue weighted by Crippen LogP contribution is -2.08. The highest BCUT2D eigenvalue weighted by atomic mass is 32.3. The molecule has 6 nitrogen and oxygen atoms in total. The van der Waals surface area contributed by atoms with E-state index in [2.05, 4.69) is 9.17 Å². The van der Waals surface area contributed by atoms with Gasteiger partial charge >= 0.3 is 10.5 Å². The standard InChI is InChI=1S/C18H12F3NO5S/c19-16-8-11(14-2-1-7-22-18(14)23)9-17(20)15(16)10-26-12-3-5-13(6-4-12)27-28(21,24)25/h1-9H,10H2,(H,22,23). The zero-order valence-corrected chi connectivity index (χ0v) is 14.8. The molecule has 0 aliphatic carbocycles. The summed E-state index contributed by atoms with van der Waals surface area (Å²) < 4.78 is 71.1. The van der Waals surface area contributed by atoms with Crippen LogP contribution in [0.25, 0.3) is 11.1 Å². The highest BCUT2D eigenvalue weighted by Crippen LogP contribution is 2.25. The van der Waals surface area contributed by atoms with Gasteiger partial charge in [-0.05, 0) is 54.1 Å². The van der Waals surface area contributed by atoms with E-state index >= 15 is 0 Å². The lowest BCUT2D eigenvalue weighted by atomic mass is 10.0. The van der Waals surface area contributed by atoms with Crippen LogP contribution in [0.2, 0.25) is 0 Å². The number of pyridine rings is 1. The molecule has 2 aromatic carbocycles. The molecule has 0 aliphatic heterocycles. The highest BCUT2D eigenvalue weighted by molar-refractivity contribution is 7.81. The molecule has 0 atom stereocenters. The fraction of sp³-hybridized carbons (Fsp3) is 0.0556. The maximum absolute atomic E-state index is 14.3. The third kappa shape index (κ3) is 4.71. The molecule has 28 heavy (non-hydrogen) atoms. The first-order valence-corrected chi connectivity index (χ1v) is 9.07. The van der Waals surface area contributed by atoms with E-state index < -0.39 is 34.3 Å². The van der Waals surface area contributed by atoms with Gasteiger partial charge in [-0.3, -0.25) is 4.79 Å². The molecule has 3 aromatic rings. The van der Waals surface area contributed by atoms with Gasteiger partial charge in [0.15, 0.2) is 0 Å². The monoisotopic (exact) mass is 411 g/mol. The van der Waals surface area contributed by atoms with E-state index in [9.17, 15) is 25.9 Å². The summed E-state index contributed by atoms with van der Waals surface area (Å²) >= 11 is 0. The van der Waals surface area contributed by atoms with Crippen molar-refractivity contribution in [1.29, 1.82) is 0 Å². The molecule has 0 bridgehead atoms. The molecule has 1 aromatic heterocycles. The fourth-order valence-corrected chi connectivity index (χ4v) is 2.75. The first kappa shape index (κ1) is 19.5. The Bertz CT molecular complexity index is 1140. The van der Waals surface area contributed by atoms with Crippen molar-refractivity contribution in [2.45, 2.75) is 6.61 Å².